The van der Waals surface area contributed by atoms with Crippen LogP contribution in [0.15, 0.2) is 12.1 Å². The van der Waals surface area contributed by atoms with E-state index in [-0.39, 0.29) is 24.3 Å². The maximum Gasteiger partial charge on any atom is 0.408 e. The number of carboxylic acid groups (broad SMARTS) is 1. The Morgan fingerprint density at radius 2 is 2.11 bits per heavy atom. The van der Waals surface area contributed by atoms with Crippen molar-refractivity contribution in [3.8, 4) is 11.5 Å². The highest BCUT2D eigenvalue weighted by Crippen LogP contribution is 2.43. The Balaban J connectivity index is 1.84. The van der Waals surface area contributed by atoms with Crippen molar-refractivity contribution in [2.45, 2.75) is 23.6 Å². The molecular formula is C15H19N3O8S2. The van der Waals surface area contributed by atoms with Gasteiger partial charge in [0.25, 0.3) is 5.69 Å². The lowest BCUT2D eigenvalue weighted by Gasteiger charge is -2.17. The van der Waals surface area contributed by atoms with Crippen LogP contribution in [0.2, 0.25) is 0 Å². The fourth-order valence-electron chi connectivity index (χ4n) is 2.27. The number of benzene rings is 1. The molecule has 4 N–H and O–H groups in total. The summed E-state index contributed by atoms with van der Waals surface area (Å²) in [5.74, 6) is -0.190. The molecule has 1 aliphatic rings. The number of carbonyl (C=O) groups is 2. The maximum atomic E-state index is 11.6. The molecule has 1 aromatic carbocycles. The van der Waals surface area contributed by atoms with Crippen molar-refractivity contribution < 1.29 is 33.8 Å². The van der Waals surface area contributed by atoms with E-state index in [9.17, 15) is 19.7 Å². The van der Waals surface area contributed by atoms with Crippen LogP contribution in [0.4, 0.5) is 10.5 Å². The molecule has 11 nitrogen and oxygen atoms in total. The lowest BCUT2D eigenvalue weighted by molar-refractivity contribution is -0.385. The van der Waals surface area contributed by atoms with Crippen molar-refractivity contribution in [1.82, 2.24) is 5.32 Å². The number of aliphatic carboxylic acids is 1. The number of carboxylic acids is 1. The van der Waals surface area contributed by atoms with E-state index < -0.39 is 28.4 Å². The van der Waals surface area contributed by atoms with Gasteiger partial charge in [0.15, 0.2) is 11.5 Å². The highest BCUT2D eigenvalue weighted by Gasteiger charge is 2.26. The van der Waals surface area contributed by atoms with E-state index in [0.29, 0.717) is 22.8 Å². The molecule has 13 heteroatoms. The molecule has 0 fully saturated rings. The van der Waals surface area contributed by atoms with Gasteiger partial charge in [-0.05, 0) is 13.0 Å². The predicted molar refractivity (Wildman–Crippen MR) is 103 cm³/mol. The third-order valence-corrected chi connectivity index (χ3v) is 5.34. The molecule has 1 amide bonds. The summed E-state index contributed by atoms with van der Waals surface area (Å²) in [6.45, 7) is 1.80. The molecule has 1 aliphatic heterocycles. The summed E-state index contributed by atoms with van der Waals surface area (Å²) in [6, 6.07) is 1.53. The number of nitrogens with two attached hydrogens (primary N) is 1. The Bertz CT molecular complexity index is 763. The standard InChI is InChI=1S/C15H19N3O8S2/c1-7(8-4-10-11(26-6-25-10)5-9(8)18(22)23)28-3-2-24-15(21)17-13(27)12(16)14(19)20/h4-5,7,12-13,27H,2-3,6,16H2,1H3,(H,17,21)(H,19,20)/t7?,12-,13+/m0/s1. The number of alkyl carbamates (subject to hydrolysis) is 1. The molecule has 0 saturated carbocycles. The third-order valence-electron chi connectivity index (χ3n) is 3.73. The van der Waals surface area contributed by atoms with Crippen LogP contribution in [0.5, 0.6) is 11.5 Å². The topological polar surface area (TPSA) is 163 Å². The molecule has 1 aromatic rings. The second-order valence-electron chi connectivity index (χ2n) is 5.62. The highest BCUT2D eigenvalue weighted by atomic mass is 32.2. The quantitative estimate of drug-likeness (QED) is 0.147. The van der Waals surface area contributed by atoms with Gasteiger partial charge < -0.3 is 30.4 Å². The Kier molecular flexibility index (Phi) is 7.60. The summed E-state index contributed by atoms with van der Waals surface area (Å²) in [7, 11) is 0. The third kappa shape index (κ3) is 5.56. The number of hydrogen-bond acceptors (Lipinski definition) is 10. The summed E-state index contributed by atoms with van der Waals surface area (Å²) in [6.07, 6.45) is -0.862. The number of thiol groups is 1. The van der Waals surface area contributed by atoms with Gasteiger partial charge >= 0.3 is 12.1 Å². The smallest absolute Gasteiger partial charge is 0.408 e. The van der Waals surface area contributed by atoms with Gasteiger partial charge in [0.2, 0.25) is 6.79 Å². The summed E-state index contributed by atoms with van der Waals surface area (Å²) >= 11 is 5.22. The lowest BCUT2D eigenvalue weighted by Crippen LogP contribution is -2.48. The number of carbonyl (C=O) groups excluding carboxylic acids is 1. The number of nitrogens with one attached hydrogen (secondary N) is 1. The van der Waals surface area contributed by atoms with Crippen molar-refractivity contribution in [2.75, 3.05) is 19.2 Å². The van der Waals surface area contributed by atoms with E-state index in [0.717, 1.165) is 0 Å². The van der Waals surface area contributed by atoms with Crippen LogP contribution in [-0.2, 0) is 9.53 Å². The Morgan fingerprint density at radius 1 is 1.46 bits per heavy atom. The Labute approximate surface area is 169 Å². The number of nitro benzene ring substituents is 1. The van der Waals surface area contributed by atoms with Gasteiger partial charge in [-0.3, -0.25) is 14.9 Å². The number of amides is 1. The molecule has 28 heavy (non-hydrogen) atoms. The lowest BCUT2D eigenvalue weighted by atomic mass is 10.1. The van der Waals surface area contributed by atoms with E-state index in [1.165, 1.54) is 17.8 Å². The average molecular weight is 433 g/mol. The Hall–Kier alpha value is -2.38. The first-order chi connectivity index (χ1) is 13.2. The normalized spacial score (nSPS) is 15.4. The fraction of sp³-hybridized carbons (Fsp3) is 0.467. The largest absolute Gasteiger partial charge is 0.480 e. The minimum absolute atomic E-state index is 0.00198. The van der Waals surface area contributed by atoms with Gasteiger partial charge in [-0.15, -0.1) is 0 Å². The molecular weight excluding hydrogens is 414 g/mol. The second-order valence-corrected chi connectivity index (χ2v) is 7.63. The maximum absolute atomic E-state index is 11.6. The molecule has 1 heterocycles. The zero-order valence-electron chi connectivity index (χ0n) is 14.7. The monoisotopic (exact) mass is 433 g/mol. The van der Waals surface area contributed by atoms with Gasteiger partial charge in [-0.25, -0.2) is 4.79 Å². The first kappa shape index (κ1) is 21.9. The van der Waals surface area contributed by atoms with E-state index in [1.54, 1.807) is 13.0 Å². The number of nitrogens with zero attached hydrogens (tertiary/aromatic N) is 1. The number of ether oxygens (including phenoxy) is 3. The summed E-state index contributed by atoms with van der Waals surface area (Å²) < 4.78 is 15.4. The van der Waals surface area contributed by atoms with Crippen molar-refractivity contribution in [3.05, 3.63) is 27.8 Å². The van der Waals surface area contributed by atoms with Crippen LogP contribution in [0, 0.1) is 10.1 Å². The van der Waals surface area contributed by atoms with Gasteiger partial charge in [0, 0.05) is 16.6 Å². The molecule has 0 spiro atoms. The number of nitro groups is 1. The van der Waals surface area contributed by atoms with Crippen LogP contribution in [0.25, 0.3) is 0 Å². The molecule has 0 saturated heterocycles. The van der Waals surface area contributed by atoms with Crippen LogP contribution in [-0.4, -0.2) is 52.7 Å². The zero-order valence-corrected chi connectivity index (χ0v) is 16.4. The van der Waals surface area contributed by atoms with Gasteiger partial charge in [0.05, 0.1) is 11.0 Å². The first-order valence-corrected chi connectivity index (χ1v) is 9.56. The van der Waals surface area contributed by atoms with E-state index in [1.807, 2.05) is 0 Å². The summed E-state index contributed by atoms with van der Waals surface area (Å²) in [4.78, 5) is 33.1. The molecule has 3 atom stereocenters. The number of rotatable bonds is 9. The predicted octanol–water partition coefficient (Wildman–Crippen LogP) is 1.51. The molecule has 0 bridgehead atoms. The van der Waals surface area contributed by atoms with Crippen LogP contribution in [0.3, 0.4) is 0 Å². The second kappa shape index (κ2) is 9.71. The number of hydrogen-bond donors (Lipinski definition) is 4. The first-order valence-electron chi connectivity index (χ1n) is 8.00. The van der Waals surface area contributed by atoms with Crippen molar-refractivity contribution in [1.29, 1.82) is 0 Å². The summed E-state index contributed by atoms with van der Waals surface area (Å²) in [5.41, 5.74) is 5.70. The van der Waals surface area contributed by atoms with E-state index in [2.05, 4.69) is 17.9 Å². The highest BCUT2D eigenvalue weighted by molar-refractivity contribution is 7.99. The Morgan fingerprint density at radius 3 is 2.71 bits per heavy atom. The van der Waals surface area contributed by atoms with Crippen molar-refractivity contribution in [3.63, 3.8) is 0 Å². The van der Waals surface area contributed by atoms with Gasteiger partial charge in [0.1, 0.15) is 18.0 Å². The van der Waals surface area contributed by atoms with Gasteiger partial charge in [-0.1, -0.05) is 0 Å². The molecule has 0 aliphatic carbocycles. The van der Waals surface area contributed by atoms with E-state index >= 15 is 0 Å². The molecule has 1 unspecified atom stereocenters. The summed E-state index contributed by atoms with van der Waals surface area (Å²) in [5, 5.41) is 20.9. The molecule has 154 valence electrons. The zero-order chi connectivity index (χ0) is 20.8. The minimum Gasteiger partial charge on any atom is -0.480 e. The number of thioether (sulfide) groups is 1. The fourth-order valence-corrected chi connectivity index (χ4v) is 3.40. The average Bonchev–Trinajstić information content (AvgIpc) is 3.10. The number of fused-ring (bicyclic) bond motifs is 1. The molecule has 0 aromatic heterocycles. The SMILES string of the molecule is CC(SCCOC(=O)N[C@H](S)[C@H](N)C(=O)O)c1cc2c(cc1[N+](=O)[O-])OCO2. The van der Waals surface area contributed by atoms with Crippen molar-refractivity contribution >= 4 is 42.1 Å². The van der Waals surface area contributed by atoms with Crippen LogP contribution < -0.4 is 20.5 Å². The molecule has 0 radical (unpaired) electrons. The van der Waals surface area contributed by atoms with Crippen LogP contribution >= 0.6 is 24.4 Å². The van der Waals surface area contributed by atoms with Gasteiger partial charge in [-0.2, -0.15) is 24.4 Å². The van der Waals surface area contributed by atoms with Crippen LogP contribution in [0.1, 0.15) is 17.7 Å². The molecule has 2 rings (SSSR count). The minimum atomic E-state index is -1.38. The van der Waals surface area contributed by atoms with Crippen molar-refractivity contribution in [2.24, 2.45) is 5.73 Å². The van der Waals surface area contributed by atoms with E-state index in [4.69, 9.17) is 25.1 Å².